The second kappa shape index (κ2) is 8.08. The van der Waals surface area contributed by atoms with Crippen LogP contribution in [0.1, 0.15) is 30.1 Å². The van der Waals surface area contributed by atoms with Crippen molar-refractivity contribution >= 4 is 5.95 Å². The lowest BCUT2D eigenvalue weighted by Gasteiger charge is -2.15. The lowest BCUT2D eigenvalue weighted by Crippen LogP contribution is -2.22. The summed E-state index contributed by atoms with van der Waals surface area (Å²) in [5.74, 6) is 1.60. The number of benzene rings is 1. The van der Waals surface area contributed by atoms with Crippen LogP contribution < -0.4 is 15.0 Å². The van der Waals surface area contributed by atoms with Crippen LogP contribution in [0.5, 0.6) is 5.75 Å². The van der Waals surface area contributed by atoms with E-state index in [1.54, 1.807) is 7.11 Å². The molecule has 0 aliphatic carbocycles. The molecule has 1 aliphatic heterocycles. The van der Waals surface area contributed by atoms with Crippen LogP contribution in [0.4, 0.5) is 5.95 Å². The molecule has 2 N–H and O–H groups in total. The molecule has 1 aliphatic rings. The maximum atomic E-state index is 10.2. The predicted octanol–water partition coefficient (Wildman–Crippen LogP) is 1.91. The van der Waals surface area contributed by atoms with E-state index in [0.29, 0.717) is 13.1 Å². The smallest absolute Gasteiger partial charge is 0.225 e. The molecule has 6 heteroatoms. The van der Waals surface area contributed by atoms with Crippen molar-refractivity contribution in [1.29, 1.82) is 0 Å². The van der Waals surface area contributed by atoms with Gasteiger partial charge < -0.3 is 20.1 Å². The average Bonchev–Trinajstić information content (AvgIpc) is 3.17. The minimum Gasteiger partial charge on any atom is -0.497 e. The van der Waals surface area contributed by atoms with E-state index in [0.717, 1.165) is 35.9 Å². The molecule has 3 rings (SSSR count). The molecule has 1 atom stereocenters. The molecule has 0 unspecified atom stereocenters. The van der Waals surface area contributed by atoms with Gasteiger partial charge in [0, 0.05) is 44.1 Å². The Bertz CT molecular complexity index is 624. The maximum Gasteiger partial charge on any atom is 0.225 e. The highest BCUT2D eigenvalue weighted by Gasteiger charge is 2.14. The molecule has 24 heavy (non-hydrogen) atoms. The second-order valence-corrected chi connectivity index (χ2v) is 6.01. The monoisotopic (exact) mass is 328 g/mol. The van der Waals surface area contributed by atoms with E-state index >= 15 is 0 Å². The summed E-state index contributed by atoms with van der Waals surface area (Å²) in [6, 6.07) is 7.45. The summed E-state index contributed by atoms with van der Waals surface area (Å²) < 4.78 is 5.12. The van der Waals surface area contributed by atoms with Crippen molar-refractivity contribution in [2.75, 3.05) is 31.6 Å². The van der Waals surface area contributed by atoms with Gasteiger partial charge in [0.1, 0.15) is 5.75 Å². The van der Waals surface area contributed by atoms with E-state index in [4.69, 9.17) is 4.74 Å². The molecule has 1 saturated heterocycles. The van der Waals surface area contributed by atoms with Crippen molar-refractivity contribution in [2.24, 2.45) is 0 Å². The first kappa shape index (κ1) is 16.7. The molecule has 2 heterocycles. The first-order chi connectivity index (χ1) is 11.8. The van der Waals surface area contributed by atoms with Gasteiger partial charge in [-0.3, -0.25) is 0 Å². The highest BCUT2D eigenvalue weighted by molar-refractivity contribution is 5.31. The number of anilines is 1. The van der Waals surface area contributed by atoms with Crippen molar-refractivity contribution in [1.82, 2.24) is 15.3 Å². The number of aliphatic hydroxyl groups excluding tert-OH is 1. The fourth-order valence-corrected chi connectivity index (χ4v) is 2.82. The lowest BCUT2D eigenvalue weighted by atomic mass is 10.1. The number of hydrogen-bond donors (Lipinski definition) is 2. The highest BCUT2D eigenvalue weighted by atomic mass is 16.5. The van der Waals surface area contributed by atoms with E-state index in [9.17, 15) is 5.11 Å². The Balaban J connectivity index is 1.46. The Morgan fingerprint density at radius 2 is 1.83 bits per heavy atom. The van der Waals surface area contributed by atoms with Gasteiger partial charge in [0.25, 0.3) is 0 Å². The van der Waals surface area contributed by atoms with Crippen LogP contribution in [0, 0.1) is 0 Å². The second-order valence-electron chi connectivity index (χ2n) is 6.01. The van der Waals surface area contributed by atoms with Gasteiger partial charge in [-0.25, -0.2) is 9.97 Å². The molecule has 0 saturated carbocycles. The molecule has 2 aromatic rings. The third-order valence-electron chi connectivity index (χ3n) is 4.25. The highest BCUT2D eigenvalue weighted by Crippen LogP contribution is 2.17. The molecule has 128 valence electrons. The summed E-state index contributed by atoms with van der Waals surface area (Å²) in [4.78, 5) is 11.1. The van der Waals surface area contributed by atoms with Gasteiger partial charge in [0.15, 0.2) is 0 Å². The number of rotatable bonds is 7. The molecule has 1 fully saturated rings. The summed E-state index contributed by atoms with van der Waals surface area (Å²) >= 11 is 0. The SMILES string of the molecule is COc1ccc([C@H](O)CNCc2cnc(N3CCCC3)nc2)cc1. The minimum atomic E-state index is -0.555. The lowest BCUT2D eigenvalue weighted by molar-refractivity contribution is 0.174. The van der Waals surface area contributed by atoms with Crippen LogP contribution in [0.15, 0.2) is 36.7 Å². The molecule has 1 aromatic carbocycles. The average molecular weight is 328 g/mol. The standard InChI is InChI=1S/C18H24N4O2/c1-24-16-6-4-15(5-7-16)17(23)13-19-10-14-11-20-18(21-12-14)22-8-2-3-9-22/h4-7,11-12,17,19,23H,2-3,8-10,13H2,1H3/t17-/m1/s1. The summed E-state index contributed by atoms with van der Waals surface area (Å²) in [6.45, 7) is 3.20. The van der Waals surface area contributed by atoms with Crippen LogP contribution >= 0.6 is 0 Å². The maximum absolute atomic E-state index is 10.2. The van der Waals surface area contributed by atoms with E-state index in [1.165, 1.54) is 12.8 Å². The number of aliphatic hydroxyl groups is 1. The third kappa shape index (κ3) is 4.21. The van der Waals surface area contributed by atoms with Gasteiger partial charge in [0.05, 0.1) is 13.2 Å². The van der Waals surface area contributed by atoms with E-state index in [-0.39, 0.29) is 0 Å². The molecule has 1 aromatic heterocycles. The number of hydrogen-bond acceptors (Lipinski definition) is 6. The zero-order valence-electron chi connectivity index (χ0n) is 14.0. The zero-order valence-corrected chi connectivity index (χ0v) is 14.0. The number of nitrogens with one attached hydrogen (secondary N) is 1. The topological polar surface area (TPSA) is 70.5 Å². The number of aromatic nitrogens is 2. The van der Waals surface area contributed by atoms with Crippen molar-refractivity contribution in [3.63, 3.8) is 0 Å². The van der Waals surface area contributed by atoms with E-state index in [1.807, 2.05) is 36.7 Å². The summed E-state index contributed by atoms with van der Waals surface area (Å²) in [7, 11) is 1.63. The molecule has 0 spiro atoms. The van der Waals surface area contributed by atoms with Gasteiger partial charge in [-0.05, 0) is 30.5 Å². The van der Waals surface area contributed by atoms with Gasteiger partial charge in [0.2, 0.25) is 5.95 Å². The Labute approximate surface area is 142 Å². The Morgan fingerprint density at radius 1 is 1.17 bits per heavy atom. The Kier molecular flexibility index (Phi) is 5.61. The fourth-order valence-electron chi connectivity index (χ4n) is 2.82. The van der Waals surface area contributed by atoms with Crippen molar-refractivity contribution in [3.8, 4) is 5.75 Å². The normalized spacial score (nSPS) is 15.5. The van der Waals surface area contributed by atoms with Gasteiger partial charge in [-0.15, -0.1) is 0 Å². The number of methoxy groups -OCH3 is 1. The molecular formula is C18H24N4O2. The largest absolute Gasteiger partial charge is 0.497 e. The minimum absolute atomic E-state index is 0.472. The summed E-state index contributed by atoms with van der Waals surface area (Å²) in [5, 5.41) is 13.5. The number of ether oxygens (including phenoxy) is 1. The van der Waals surface area contributed by atoms with Crippen LogP contribution in [-0.2, 0) is 6.54 Å². The third-order valence-corrected chi connectivity index (χ3v) is 4.25. The predicted molar refractivity (Wildman–Crippen MR) is 93.1 cm³/mol. The van der Waals surface area contributed by atoms with Gasteiger partial charge in [-0.2, -0.15) is 0 Å². The van der Waals surface area contributed by atoms with Crippen LogP contribution in [-0.4, -0.2) is 41.8 Å². The fraction of sp³-hybridized carbons (Fsp3) is 0.444. The van der Waals surface area contributed by atoms with Crippen molar-refractivity contribution in [3.05, 3.63) is 47.8 Å². The zero-order chi connectivity index (χ0) is 16.8. The van der Waals surface area contributed by atoms with Crippen molar-refractivity contribution in [2.45, 2.75) is 25.5 Å². The Morgan fingerprint density at radius 3 is 2.46 bits per heavy atom. The molecular weight excluding hydrogens is 304 g/mol. The molecule has 0 bridgehead atoms. The van der Waals surface area contributed by atoms with Gasteiger partial charge >= 0.3 is 0 Å². The first-order valence-electron chi connectivity index (χ1n) is 8.35. The molecule has 6 nitrogen and oxygen atoms in total. The number of nitrogens with zero attached hydrogens (tertiary/aromatic N) is 3. The van der Waals surface area contributed by atoms with Gasteiger partial charge in [-0.1, -0.05) is 12.1 Å². The van der Waals surface area contributed by atoms with Crippen LogP contribution in [0.3, 0.4) is 0 Å². The first-order valence-corrected chi connectivity index (χ1v) is 8.35. The quantitative estimate of drug-likeness (QED) is 0.809. The Hall–Kier alpha value is -2.18. The molecule has 0 radical (unpaired) electrons. The van der Waals surface area contributed by atoms with E-state index < -0.39 is 6.10 Å². The van der Waals surface area contributed by atoms with Crippen LogP contribution in [0.2, 0.25) is 0 Å². The van der Waals surface area contributed by atoms with E-state index in [2.05, 4.69) is 20.2 Å². The van der Waals surface area contributed by atoms with Crippen molar-refractivity contribution < 1.29 is 9.84 Å². The summed E-state index contributed by atoms with van der Waals surface area (Å²) in [6.07, 6.45) is 5.59. The van der Waals surface area contributed by atoms with Crippen LogP contribution in [0.25, 0.3) is 0 Å². The molecule has 0 amide bonds. The summed E-state index contributed by atoms with van der Waals surface area (Å²) in [5.41, 5.74) is 1.88.